The van der Waals surface area contributed by atoms with Crippen LogP contribution in [0.5, 0.6) is 0 Å². The Morgan fingerprint density at radius 3 is 1.35 bits per heavy atom. The maximum Gasteiger partial charge on any atom is 0.0702 e. The van der Waals surface area contributed by atoms with Crippen LogP contribution < -0.4 is 0 Å². The second kappa shape index (κ2) is 6.08. The summed E-state index contributed by atoms with van der Waals surface area (Å²) in [5.74, 6) is 0. The molecule has 0 radical (unpaired) electrons. The fourth-order valence-corrected chi connectivity index (χ4v) is 3.43. The van der Waals surface area contributed by atoms with Crippen LogP contribution in [0.4, 0.5) is 0 Å². The van der Waals surface area contributed by atoms with Gasteiger partial charge < -0.3 is 0 Å². The van der Waals surface area contributed by atoms with E-state index in [1.54, 1.807) is 0 Å². The molecule has 3 aromatic carbocycles. The van der Waals surface area contributed by atoms with E-state index in [1.807, 2.05) is 48.8 Å². The van der Waals surface area contributed by atoms with Gasteiger partial charge in [0.05, 0.1) is 11.4 Å². The third-order valence-corrected chi connectivity index (χ3v) is 4.76. The normalized spacial score (nSPS) is 11.1. The largest absolute Gasteiger partial charge is 0.256 e. The summed E-state index contributed by atoms with van der Waals surface area (Å²) in [6.45, 7) is 0. The predicted molar refractivity (Wildman–Crippen MR) is 108 cm³/mol. The number of hydrogen-bond donors (Lipinski definition) is 0. The van der Waals surface area contributed by atoms with Gasteiger partial charge in [0.1, 0.15) is 0 Å². The lowest BCUT2D eigenvalue weighted by molar-refractivity contribution is 1.33. The highest BCUT2D eigenvalue weighted by atomic mass is 14.7. The third-order valence-electron chi connectivity index (χ3n) is 4.76. The molecule has 0 aliphatic heterocycles. The number of pyridine rings is 2. The number of aromatic nitrogens is 2. The van der Waals surface area contributed by atoms with E-state index >= 15 is 0 Å². The van der Waals surface area contributed by atoms with Gasteiger partial charge in [-0.2, -0.15) is 0 Å². The fourth-order valence-electron chi connectivity index (χ4n) is 3.43. The molecule has 0 unspecified atom stereocenters. The molecule has 2 heteroatoms. The van der Waals surface area contributed by atoms with Crippen LogP contribution in [0.3, 0.4) is 0 Å². The van der Waals surface area contributed by atoms with E-state index in [-0.39, 0.29) is 0 Å². The Balaban J connectivity index is 1.77. The molecule has 0 atom stereocenters. The number of benzene rings is 3. The average molecular weight is 332 g/mol. The number of hydrogen-bond acceptors (Lipinski definition) is 2. The van der Waals surface area contributed by atoms with Crippen LogP contribution in [-0.4, -0.2) is 9.97 Å². The highest BCUT2D eigenvalue weighted by molar-refractivity contribution is 6.09. The fraction of sp³-hybridized carbons (Fsp3) is 0. The minimum atomic E-state index is 0.993. The molecule has 5 rings (SSSR count). The molecular weight excluding hydrogens is 316 g/mol. The maximum atomic E-state index is 4.49. The molecule has 0 N–H and O–H groups in total. The van der Waals surface area contributed by atoms with Gasteiger partial charge in [-0.3, -0.25) is 9.97 Å². The van der Waals surface area contributed by atoms with Crippen molar-refractivity contribution >= 4 is 21.5 Å². The van der Waals surface area contributed by atoms with E-state index in [4.69, 9.17) is 0 Å². The lowest BCUT2D eigenvalue weighted by Gasteiger charge is -2.09. The first-order valence-corrected chi connectivity index (χ1v) is 8.68. The summed E-state index contributed by atoms with van der Waals surface area (Å²) in [5, 5.41) is 4.94. The van der Waals surface area contributed by atoms with Crippen LogP contribution in [-0.2, 0) is 0 Å². The quantitative estimate of drug-likeness (QED) is 0.364. The van der Waals surface area contributed by atoms with Gasteiger partial charge in [0, 0.05) is 23.5 Å². The molecule has 0 saturated carbocycles. The Morgan fingerprint density at radius 1 is 0.462 bits per heavy atom. The zero-order valence-electron chi connectivity index (χ0n) is 14.1. The lowest BCUT2D eigenvalue weighted by atomic mass is 9.96. The van der Waals surface area contributed by atoms with Crippen LogP contribution in [0.15, 0.2) is 97.3 Å². The Kier molecular flexibility index (Phi) is 3.46. The first-order chi connectivity index (χ1) is 12.9. The van der Waals surface area contributed by atoms with Crippen molar-refractivity contribution in [3.05, 3.63) is 97.3 Å². The second-order valence-corrected chi connectivity index (χ2v) is 6.37. The molecule has 122 valence electrons. The standard InChI is InChI=1S/C24H16N2/c1-3-13-25-23(5-1)19-11-9-17-7-8-18-10-12-20(16-22(18)21(17)15-19)24-6-2-4-14-26-24/h1-16H. The van der Waals surface area contributed by atoms with E-state index < -0.39 is 0 Å². The summed E-state index contributed by atoms with van der Waals surface area (Å²) < 4.78 is 0. The minimum Gasteiger partial charge on any atom is -0.256 e. The Morgan fingerprint density at radius 2 is 0.923 bits per heavy atom. The van der Waals surface area contributed by atoms with Crippen molar-refractivity contribution in [2.75, 3.05) is 0 Å². The zero-order valence-corrected chi connectivity index (χ0v) is 14.1. The molecule has 0 aliphatic rings. The van der Waals surface area contributed by atoms with Gasteiger partial charge in [-0.25, -0.2) is 0 Å². The highest BCUT2D eigenvalue weighted by Crippen LogP contribution is 2.32. The first kappa shape index (κ1) is 14.8. The summed E-state index contributed by atoms with van der Waals surface area (Å²) >= 11 is 0. The van der Waals surface area contributed by atoms with Gasteiger partial charge in [-0.05, 0) is 57.9 Å². The highest BCUT2D eigenvalue weighted by Gasteiger charge is 2.06. The van der Waals surface area contributed by atoms with Crippen LogP contribution in [0.2, 0.25) is 0 Å². The predicted octanol–water partition coefficient (Wildman–Crippen LogP) is 6.12. The average Bonchev–Trinajstić information content (AvgIpc) is 2.74. The Bertz CT molecular complexity index is 1110. The van der Waals surface area contributed by atoms with Gasteiger partial charge >= 0.3 is 0 Å². The van der Waals surface area contributed by atoms with Crippen molar-refractivity contribution in [3.63, 3.8) is 0 Å². The first-order valence-electron chi connectivity index (χ1n) is 8.68. The third kappa shape index (κ3) is 2.52. The maximum absolute atomic E-state index is 4.49. The van der Waals surface area contributed by atoms with E-state index in [0.717, 1.165) is 22.5 Å². The molecule has 2 nitrogen and oxygen atoms in total. The van der Waals surface area contributed by atoms with Crippen LogP contribution >= 0.6 is 0 Å². The van der Waals surface area contributed by atoms with Gasteiger partial charge in [0.2, 0.25) is 0 Å². The number of nitrogens with zero attached hydrogens (tertiary/aromatic N) is 2. The molecule has 0 amide bonds. The van der Waals surface area contributed by atoms with Crippen molar-refractivity contribution < 1.29 is 0 Å². The summed E-state index contributed by atoms with van der Waals surface area (Å²) in [6.07, 6.45) is 3.67. The van der Waals surface area contributed by atoms with Gasteiger partial charge in [-0.1, -0.05) is 48.5 Å². The van der Waals surface area contributed by atoms with Crippen molar-refractivity contribution in [2.45, 2.75) is 0 Å². The molecule has 2 aromatic heterocycles. The molecule has 5 aromatic rings. The van der Waals surface area contributed by atoms with E-state index in [9.17, 15) is 0 Å². The number of rotatable bonds is 2. The monoisotopic (exact) mass is 332 g/mol. The van der Waals surface area contributed by atoms with Crippen molar-refractivity contribution in [1.29, 1.82) is 0 Å². The van der Waals surface area contributed by atoms with E-state index in [1.165, 1.54) is 21.5 Å². The lowest BCUT2D eigenvalue weighted by Crippen LogP contribution is -1.86. The summed E-state index contributed by atoms with van der Waals surface area (Å²) in [5.41, 5.74) is 4.25. The van der Waals surface area contributed by atoms with Crippen LogP contribution in [0.25, 0.3) is 44.1 Å². The van der Waals surface area contributed by atoms with E-state index in [2.05, 4.69) is 58.5 Å². The summed E-state index contributed by atoms with van der Waals surface area (Å²) in [7, 11) is 0. The van der Waals surface area contributed by atoms with Gasteiger partial charge in [0.15, 0.2) is 0 Å². The molecule has 0 bridgehead atoms. The topological polar surface area (TPSA) is 25.8 Å². The van der Waals surface area contributed by atoms with Gasteiger partial charge in [-0.15, -0.1) is 0 Å². The molecule has 26 heavy (non-hydrogen) atoms. The van der Waals surface area contributed by atoms with Gasteiger partial charge in [0.25, 0.3) is 0 Å². The SMILES string of the molecule is c1ccc(-c2ccc3ccc4ccc(-c5ccccn5)cc4c3c2)nc1. The zero-order chi connectivity index (χ0) is 17.3. The Hall–Kier alpha value is -3.52. The molecule has 0 fully saturated rings. The molecular formula is C24H16N2. The molecule has 2 heterocycles. The molecule has 0 saturated heterocycles. The summed E-state index contributed by atoms with van der Waals surface area (Å²) in [4.78, 5) is 8.98. The van der Waals surface area contributed by atoms with Crippen molar-refractivity contribution in [1.82, 2.24) is 9.97 Å². The van der Waals surface area contributed by atoms with E-state index in [0.29, 0.717) is 0 Å². The van der Waals surface area contributed by atoms with Crippen LogP contribution in [0, 0.1) is 0 Å². The second-order valence-electron chi connectivity index (χ2n) is 6.37. The smallest absolute Gasteiger partial charge is 0.0702 e. The number of fused-ring (bicyclic) bond motifs is 3. The summed E-state index contributed by atoms with van der Waals surface area (Å²) in [6, 6.07) is 29.5. The van der Waals surface area contributed by atoms with Crippen molar-refractivity contribution in [2.24, 2.45) is 0 Å². The van der Waals surface area contributed by atoms with Crippen molar-refractivity contribution in [3.8, 4) is 22.5 Å². The minimum absolute atomic E-state index is 0.993. The van der Waals surface area contributed by atoms with Crippen LogP contribution in [0.1, 0.15) is 0 Å². The molecule has 0 aliphatic carbocycles. The molecule has 0 spiro atoms. The Labute approximate surface area is 151 Å².